The summed E-state index contributed by atoms with van der Waals surface area (Å²) in [5.74, 6) is -0.317. The lowest BCUT2D eigenvalue weighted by molar-refractivity contribution is 0.0980. The number of ketones is 2. The van der Waals surface area contributed by atoms with E-state index >= 15 is 0 Å². The molecule has 1 aliphatic carbocycles. The zero-order chi connectivity index (χ0) is 23.3. The normalized spacial score (nSPS) is 13.2. The number of aromatic nitrogens is 2. The average Bonchev–Trinajstić information content (AvgIpc) is 3.28. The van der Waals surface area contributed by atoms with E-state index in [-0.39, 0.29) is 17.0 Å². The largest absolute Gasteiger partial charge is 0.289 e. The van der Waals surface area contributed by atoms with Crippen molar-refractivity contribution in [1.29, 1.82) is 0 Å². The quantitative estimate of drug-likeness (QED) is 0.275. The highest BCUT2D eigenvalue weighted by Gasteiger charge is 2.33. The summed E-state index contributed by atoms with van der Waals surface area (Å²) in [5, 5.41) is 0. The molecule has 1 aromatic heterocycles. The summed E-state index contributed by atoms with van der Waals surface area (Å²) in [7, 11) is 0. The van der Waals surface area contributed by atoms with Crippen molar-refractivity contribution in [2.75, 3.05) is 0 Å². The number of nitrogens with zero attached hydrogens (tertiary/aromatic N) is 2. The molecular formula is C27H22N2O2S2. The lowest BCUT2D eigenvalue weighted by Gasteiger charge is -2.21. The molecule has 0 aliphatic heterocycles. The molecule has 0 bridgehead atoms. The molecule has 1 heterocycles. The van der Waals surface area contributed by atoms with Crippen molar-refractivity contribution in [3.8, 4) is 0 Å². The van der Waals surface area contributed by atoms with Gasteiger partial charge in [0.05, 0.1) is 17.3 Å². The first-order valence-electron chi connectivity index (χ1n) is 10.7. The van der Waals surface area contributed by atoms with Gasteiger partial charge in [0.1, 0.15) is 11.0 Å². The summed E-state index contributed by atoms with van der Waals surface area (Å²) >= 11 is 2.62. The minimum atomic E-state index is -0.170. The fraction of sp³-hybridized carbons (Fsp3) is 0.185. The van der Waals surface area contributed by atoms with Crippen LogP contribution in [0.5, 0.6) is 0 Å². The Kier molecular flexibility index (Phi) is 5.30. The van der Waals surface area contributed by atoms with Crippen LogP contribution in [0.15, 0.2) is 71.0 Å². The van der Waals surface area contributed by atoms with E-state index < -0.39 is 0 Å². The number of fused-ring (bicyclic) bond motifs is 4. The van der Waals surface area contributed by atoms with Crippen molar-refractivity contribution in [2.45, 2.75) is 42.4 Å². The maximum absolute atomic E-state index is 13.3. The van der Waals surface area contributed by atoms with Crippen LogP contribution >= 0.6 is 23.5 Å². The predicted octanol–water partition coefficient (Wildman–Crippen LogP) is 6.64. The number of rotatable bonds is 4. The third kappa shape index (κ3) is 3.63. The van der Waals surface area contributed by atoms with E-state index in [4.69, 9.17) is 0 Å². The highest BCUT2D eigenvalue weighted by Crippen LogP contribution is 2.41. The Bertz CT molecular complexity index is 1460. The van der Waals surface area contributed by atoms with Crippen molar-refractivity contribution in [3.63, 3.8) is 0 Å². The molecule has 0 radical (unpaired) electrons. The minimum Gasteiger partial charge on any atom is -0.289 e. The summed E-state index contributed by atoms with van der Waals surface area (Å²) in [6.45, 7) is 10.5. The number of hydrogen-bond acceptors (Lipinski definition) is 6. The average molecular weight is 471 g/mol. The van der Waals surface area contributed by atoms with Crippen LogP contribution in [0.25, 0.3) is 11.0 Å². The molecule has 0 atom stereocenters. The Labute approximate surface area is 201 Å². The van der Waals surface area contributed by atoms with Gasteiger partial charge in [-0.15, -0.1) is 6.58 Å². The van der Waals surface area contributed by atoms with Crippen LogP contribution in [0.2, 0.25) is 0 Å². The molecule has 0 spiro atoms. The zero-order valence-corrected chi connectivity index (χ0v) is 20.3. The predicted molar refractivity (Wildman–Crippen MR) is 134 cm³/mol. The third-order valence-corrected chi connectivity index (χ3v) is 7.58. The molecule has 4 aromatic rings. The Morgan fingerprint density at radius 2 is 1.61 bits per heavy atom. The standard InChI is InChI=1S/C27H22N2O2S2/c1-5-8-15-13-16(27(2,3)4)11-12-20(15)32-21-14-19-22(24-23(21)28-33-29-24)26(31)18-10-7-6-9-17(18)25(19)30/h5-7,9-14H,1,8H2,2-4H3. The van der Waals surface area contributed by atoms with Crippen LogP contribution in [-0.2, 0) is 11.8 Å². The van der Waals surface area contributed by atoms with Gasteiger partial charge in [-0.05, 0) is 35.1 Å². The second kappa shape index (κ2) is 8.04. The summed E-state index contributed by atoms with van der Waals surface area (Å²) in [6, 6.07) is 15.3. The van der Waals surface area contributed by atoms with Gasteiger partial charge in [0.25, 0.3) is 0 Å². The van der Waals surface area contributed by atoms with Crippen LogP contribution in [0.3, 0.4) is 0 Å². The number of hydrogen-bond donors (Lipinski definition) is 0. The summed E-state index contributed by atoms with van der Waals surface area (Å²) < 4.78 is 8.92. The lowest BCUT2D eigenvalue weighted by atomic mass is 9.83. The molecule has 0 unspecified atom stereocenters. The first-order chi connectivity index (χ1) is 15.8. The van der Waals surface area contributed by atoms with Crippen molar-refractivity contribution in [3.05, 3.63) is 94.6 Å². The third-order valence-electron chi connectivity index (χ3n) is 5.90. The number of carbonyl (C=O) groups is 2. The van der Waals surface area contributed by atoms with Crippen LogP contribution in [-0.4, -0.2) is 20.3 Å². The van der Waals surface area contributed by atoms with Gasteiger partial charge in [0.2, 0.25) is 0 Å². The maximum Gasteiger partial charge on any atom is 0.196 e. The Morgan fingerprint density at radius 3 is 2.30 bits per heavy atom. The molecular weight excluding hydrogens is 448 g/mol. The smallest absolute Gasteiger partial charge is 0.196 e. The second-order valence-electron chi connectivity index (χ2n) is 9.13. The molecule has 0 fully saturated rings. The van der Waals surface area contributed by atoms with E-state index in [1.807, 2.05) is 12.1 Å². The fourth-order valence-electron chi connectivity index (χ4n) is 4.14. The minimum absolute atomic E-state index is 0.0389. The molecule has 164 valence electrons. The first kappa shape index (κ1) is 21.7. The Balaban J connectivity index is 1.66. The molecule has 3 aromatic carbocycles. The van der Waals surface area contributed by atoms with E-state index in [1.54, 1.807) is 36.0 Å². The Hall–Kier alpha value is -3.09. The number of allylic oxidation sites excluding steroid dienone is 1. The Morgan fingerprint density at radius 1 is 0.909 bits per heavy atom. The first-order valence-corrected chi connectivity index (χ1v) is 12.2. The highest BCUT2D eigenvalue weighted by molar-refractivity contribution is 7.99. The molecule has 0 N–H and O–H groups in total. The van der Waals surface area contributed by atoms with Crippen molar-refractivity contribution in [2.24, 2.45) is 0 Å². The van der Waals surface area contributed by atoms with Crippen LogP contribution in [0.1, 0.15) is 63.7 Å². The zero-order valence-electron chi connectivity index (χ0n) is 18.6. The molecule has 33 heavy (non-hydrogen) atoms. The van der Waals surface area contributed by atoms with Gasteiger partial charge in [-0.3, -0.25) is 9.59 Å². The van der Waals surface area contributed by atoms with Crippen LogP contribution < -0.4 is 0 Å². The number of carbonyl (C=O) groups excluding carboxylic acids is 2. The molecule has 5 rings (SSSR count). The molecule has 1 aliphatic rings. The summed E-state index contributed by atoms with van der Waals surface area (Å²) in [5.41, 5.74) is 5.26. The molecule has 4 nitrogen and oxygen atoms in total. The van der Waals surface area contributed by atoms with E-state index in [2.05, 4.69) is 54.3 Å². The maximum atomic E-state index is 13.3. The monoisotopic (exact) mass is 470 g/mol. The van der Waals surface area contributed by atoms with E-state index in [0.29, 0.717) is 33.3 Å². The van der Waals surface area contributed by atoms with Gasteiger partial charge in [0.15, 0.2) is 11.6 Å². The van der Waals surface area contributed by atoms with Crippen LogP contribution in [0, 0.1) is 0 Å². The van der Waals surface area contributed by atoms with Crippen LogP contribution in [0.4, 0.5) is 0 Å². The van der Waals surface area contributed by atoms with Gasteiger partial charge in [-0.1, -0.05) is 75.0 Å². The van der Waals surface area contributed by atoms with Gasteiger partial charge < -0.3 is 0 Å². The van der Waals surface area contributed by atoms with Crippen molar-refractivity contribution in [1.82, 2.24) is 8.75 Å². The molecule has 6 heteroatoms. The molecule has 0 saturated heterocycles. The molecule has 0 amide bonds. The topological polar surface area (TPSA) is 59.9 Å². The van der Waals surface area contributed by atoms with Crippen molar-refractivity contribution >= 4 is 46.1 Å². The van der Waals surface area contributed by atoms with Gasteiger partial charge in [0, 0.05) is 26.5 Å². The van der Waals surface area contributed by atoms with Crippen molar-refractivity contribution < 1.29 is 9.59 Å². The SMILES string of the molecule is C=CCc1cc(C(C)(C)C)ccc1Sc1cc2c(c3nsnc13)C(=O)c1ccccc1C2=O. The van der Waals surface area contributed by atoms with Gasteiger partial charge in [-0.25, -0.2) is 0 Å². The fourth-order valence-corrected chi connectivity index (χ4v) is 5.82. The molecule has 0 saturated carbocycles. The van der Waals surface area contributed by atoms with E-state index in [1.165, 1.54) is 11.1 Å². The number of benzene rings is 3. The van der Waals surface area contributed by atoms with E-state index in [9.17, 15) is 9.59 Å². The van der Waals surface area contributed by atoms with E-state index in [0.717, 1.165) is 27.9 Å². The summed E-state index contributed by atoms with van der Waals surface area (Å²) in [4.78, 5) is 28.5. The summed E-state index contributed by atoms with van der Waals surface area (Å²) in [6.07, 6.45) is 2.64. The lowest BCUT2D eigenvalue weighted by Crippen LogP contribution is -2.21. The van der Waals surface area contributed by atoms with Gasteiger partial charge in [-0.2, -0.15) is 8.75 Å². The highest BCUT2D eigenvalue weighted by atomic mass is 32.2. The second-order valence-corrected chi connectivity index (χ2v) is 10.7. The van der Waals surface area contributed by atoms with Gasteiger partial charge >= 0.3 is 0 Å².